The van der Waals surface area contributed by atoms with Crippen LogP contribution in [0.2, 0.25) is 5.28 Å². The maximum absolute atomic E-state index is 5.96. The van der Waals surface area contributed by atoms with Crippen molar-refractivity contribution in [3.8, 4) is 0 Å². The molecule has 5 nitrogen and oxygen atoms in total. The minimum Gasteiger partial charge on any atom is -0.383 e. The van der Waals surface area contributed by atoms with Crippen LogP contribution in [0.4, 0.5) is 5.82 Å². The van der Waals surface area contributed by atoms with E-state index < -0.39 is 0 Å². The fourth-order valence-electron chi connectivity index (χ4n) is 1.87. The van der Waals surface area contributed by atoms with Crippen LogP contribution in [-0.4, -0.2) is 55.3 Å². The molecule has 0 spiro atoms. The number of rotatable bonds is 7. The van der Waals surface area contributed by atoms with Gasteiger partial charge in [0.15, 0.2) is 0 Å². The normalized spacial score (nSPS) is 11.4. The molecular weight excluding hydrogens is 296 g/mol. The van der Waals surface area contributed by atoms with Crippen LogP contribution in [0.15, 0.2) is 6.07 Å². The van der Waals surface area contributed by atoms with Crippen LogP contribution in [0, 0.1) is 6.92 Å². The van der Waals surface area contributed by atoms with Crippen molar-refractivity contribution in [3.63, 3.8) is 0 Å². The Morgan fingerprint density at radius 1 is 1.40 bits per heavy atom. The SMILES string of the molecule is COCCN(C)CCNc1nc(Cl)nc2sc(C)cc12. The van der Waals surface area contributed by atoms with Gasteiger partial charge in [-0.15, -0.1) is 11.3 Å². The quantitative estimate of drug-likeness (QED) is 0.796. The van der Waals surface area contributed by atoms with E-state index in [9.17, 15) is 0 Å². The number of ether oxygens (including phenoxy) is 1. The van der Waals surface area contributed by atoms with E-state index in [1.54, 1.807) is 18.4 Å². The van der Waals surface area contributed by atoms with Gasteiger partial charge in [-0.3, -0.25) is 0 Å². The van der Waals surface area contributed by atoms with Gasteiger partial charge in [0.2, 0.25) is 5.28 Å². The van der Waals surface area contributed by atoms with Gasteiger partial charge in [-0.2, -0.15) is 0 Å². The number of nitrogens with zero attached hydrogens (tertiary/aromatic N) is 3. The highest BCUT2D eigenvalue weighted by Gasteiger charge is 2.09. The topological polar surface area (TPSA) is 50.3 Å². The van der Waals surface area contributed by atoms with Gasteiger partial charge in [-0.1, -0.05) is 0 Å². The summed E-state index contributed by atoms with van der Waals surface area (Å²) in [6.45, 7) is 5.43. The maximum Gasteiger partial charge on any atom is 0.225 e. The number of hydrogen-bond acceptors (Lipinski definition) is 6. The van der Waals surface area contributed by atoms with Crippen molar-refractivity contribution in [3.05, 3.63) is 16.2 Å². The third-order valence-corrected chi connectivity index (χ3v) is 4.07. The molecule has 0 saturated heterocycles. The van der Waals surface area contributed by atoms with Crippen molar-refractivity contribution in [1.82, 2.24) is 14.9 Å². The van der Waals surface area contributed by atoms with Gasteiger partial charge in [0.25, 0.3) is 0 Å². The Bertz CT molecular complexity index is 575. The second-order valence-corrected chi connectivity index (χ2v) is 6.21. The summed E-state index contributed by atoms with van der Waals surface area (Å²) in [5.74, 6) is 0.810. The number of aryl methyl sites for hydroxylation is 1. The fourth-order valence-corrected chi connectivity index (χ4v) is 2.97. The third-order valence-electron chi connectivity index (χ3n) is 2.95. The standard InChI is InChI=1S/C13H19ClN4OS/c1-9-8-10-11(16-13(14)17-12(10)20-9)15-4-5-18(2)6-7-19-3/h8H,4-7H2,1-3H3,(H,15,16,17). The number of anilines is 1. The van der Waals surface area contributed by atoms with E-state index in [0.29, 0.717) is 0 Å². The molecule has 0 fully saturated rings. The zero-order chi connectivity index (χ0) is 14.5. The molecule has 0 radical (unpaired) electrons. The summed E-state index contributed by atoms with van der Waals surface area (Å²) >= 11 is 7.59. The maximum atomic E-state index is 5.96. The predicted octanol–water partition coefficient (Wildman–Crippen LogP) is 2.64. The van der Waals surface area contributed by atoms with Crippen LogP contribution in [0.5, 0.6) is 0 Å². The summed E-state index contributed by atoms with van der Waals surface area (Å²) in [7, 11) is 3.78. The molecule has 0 aliphatic heterocycles. The van der Waals surface area contributed by atoms with Crippen molar-refractivity contribution < 1.29 is 4.74 Å². The third kappa shape index (κ3) is 4.02. The lowest BCUT2D eigenvalue weighted by atomic mass is 10.3. The molecule has 2 heterocycles. The Morgan fingerprint density at radius 2 is 2.20 bits per heavy atom. The lowest BCUT2D eigenvalue weighted by Gasteiger charge is -2.16. The molecule has 0 aromatic carbocycles. The summed E-state index contributed by atoms with van der Waals surface area (Å²) < 4.78 is 5.05. The second kappa shape index (κ2) is 7.17. The molecule has 7 heteroatoms. The molecule has 0 saturated carbocycles. The Balaban J connectivity index is 1.99. The summed E-state index contributed by atoms with van der Waals surface area (Å²) in [6.07, 6.45) is 0. The lowest BCUT2D eigenvalue weighted by molar-refractivity contribution is 0.163. The summed E-state index contributed by atoms with van der Waals surface area (Å²) in [5, 5.41) is 4.66. The van der Waals surface area contributed by atoms with Crippen molar-refractivity contribution in [2.24, 2.45) is 0 Å². The molecule has 20 heavy (non-hydrogen) atoms. The summed E-state index contributed by atoms with van der Waals surface area (Å²) in [6, 6.07) is 2.09. The Morgan fingerprint density at radius 3 is 2.95 bits per heavy atom. The largest absolute Gasteiger partial charge is 0.383 e. The highest BCUT2D eigenvalue weighted by Crippen LogP contribution is 2.29. The molecule has 2 rings (SSSR count). The van der Waals surface area contributed by atoms with Crippen molar-refractivity contribution >= 4 is 39.0 Å². The second-order valence-electron chi connectivity index (χ2n) is 4.64. The summed E-state index contributed by atoms with van der Waals surface area (Å²) in [5.41, 5.74) is 0. The van der Waals surface area contributed by atoms with Gasteiger partial charge in [0, 0.05) is 31.6 Å². The van der Waals surface area contributed by atoms with Crippen molar-refractivity contribution in [2.75, 3.05) is 45.7 Å². The van der Waals surface area contributed by atoms with Gasteiger partial charge >= 0.3 is 0 Å². The van der Waals surface area contributed by atoms with Crippen LogP contribution in [0.3, 0.4) is 0 Å². The number of fused-ring (bicyclic) bond motifs is 1. The van der Waals surface area contributed by atoms with E-state index >= 15 is 0 Å². The Hall–Kier alpha value is -0.950. The van der Waals surface area contributed by atoms with Crippen LogP contribution in [0.25, 0.3) is 10.2 Å². The monoisotopic (exact) mass is 314 g/mol. The minimum atomic E-state index is 0.287. The number of aromatic nitrogens is 2. The lowest BCUT2D eigenvalue weighted by Crippen LogP contribution is -2.28. The molecule has 110 valence electrons. The number of hydrogen-bond donors (Lipinski definition) is 1. The highest BCUT2D eigenvalue weighted by atomic mass is 35.5. The number of likely N-dealkylation sites (N-methyl/N-ethyl adjacent to an activating group) is 1. The van der Waals surface area contributed by atoms with Crippen molar-refractivity contribution in [2.45, 2.75) is 6.92 Å². The average Bonchev–Trinajstić information content (AvgIpc) is 2.76. The van der Waals surface area contributed by atoms with E-state index in [1.807, 2.05) is 0 Å². The molecule has 0 aliphatic carbocycles. The number of nitrogens with one attached hydrogen (secondary N) is 1. The zero-order valence-electron chi connectivity index (χ0n) is 11.9. The Labute approximate surface area is 127 Å². The number of thiophene rings is 1. The van der Waals surface area contributed by atoms with Crippen LogP contribution in [-0.2, 0) is 4.74 Å². The first kappa shape index (κ1) is 15.4. The van der Waals surface area contributed by atoms with E-state index in [2.05, 4.69) is 40.2 Å². The molecule has 0 amide bonds. The number of methoxy groups -OCH3 is 1. The van der Waals surface area contributed by atoms with Gasteiger partial charge in [-0.05, 0) is 31.6 Å². The smallest absolute Gasteiger partial charge is 0.225 e. The van der Waals surface area contributed by atoms with E-state index in [1.165, 1.54) is 4.88 Å². The average molecular weight is 315 g/mol. The fraction of sp³-hybridized carbons (Fsp3) is 0.538. The molecule has 1 N–H and O–H groups in total. The van der Waals surface area contributed by atoms with Gasteiger partial charge < -0.3 is 15.0 Å². The first-order valence-electron chi connectivity index (χ1n) is 6.45. The first-order chi connectivity index (χ1) is 9.60. The molecule has 0 bridgehead atoms. The van der Waals surface area contributed by atoms with Crippen LogP contribution in [0.1, 0.15) is 4.88 Å². The minimum absolute atomic E-state index is 0.287. The van der Waals surface area contributed by atoms with Gasteiger partial charge in [0.1, 0.15) is 10.6 Å². The predicted molar refractivity (Wildman–Crippen MR) is 85.0 cm³/mol. The number of halogens is 1. The first-order valence-corrected chi connectivity index (χ1v) is 7.64. The van der Waals surface area contributed by atoms with Crippen LogP contribution >= 0.6 is 22.9 Å². The molecule has 2 aromatic heterocycles. The van der Waals surface area contributed by atoms with Crippen LogP contribution < -0.4 is 5.32 Å². The molecule has 0 unspecified atom stereocenters. The molecular formula is C13H19ClN4OS. The molecule has 0 atom stereocenters. The zero-order valence-corrected chi connectivity index (χ0v) is 13.5. The van der Waals surface area contributed by atoms with E-state index in [0.717, 1.165) is 42.3 Å². The van der Waals surface area contributed by atoms with Crippen molar-refractivity contribution in [1.29, 1.82) is 0 Å². The molecule has 0 aliphatic rings. The Kier molecular flexibility index (Phi) is 5.54. The van der Waals surface area contributed by atoms with Gasteiger partial charge in [-0.25, -0.2) is 9.97 Å². The summed E-state index contributed by atoms with van der Waals surface area (Å²) in [4.78, 5) is 12.9. The highest BCUT2D eigenvalue weighted by molar-refractivity contribution is 7.18. The van der Waals surface area contributed by atoms with Gasteiger partial charge in [0.05, 0.1) is 12.0 Å². The van der Waals surface area contributed by atoms with E-state index in [4.69, 9.17) is 16.3 Å². The van der Waals surface area contributed by atoms with E-state index in [-0.39, 0.29) is 5.28 Å². The molecule has 2 aromatic rings.